The molecule has 0 heterocycles. The molecule has 0 aliphatic rings. The van der Waals surface area contributed by atoms with Crippen LogP contribution in [0.25, 0.3) is 0 Å². The van der Waals surface area contributed by atoms with Crippen LogP contribution in [0.5, 0.6) is 5.75 Å². The summed E-state index contributed by atoms with van der Waals surface area (Å²) in [5.41, 5.74) is 0.962. The van der Waals surface area contributed by atoms with Gasteiger partial charge < -0.3 is 9.47 Å². The predicted octanol–water partition coefficient (Wildman–Crippen LogP) is 2.89. The zero-order valence-electron chi connectivity index (χ0n) is 15.3. The lowest BCUT2D eigenvalue weighted by Crippen LogP contribution is -2.14. The number of ketones is 1. The second kappa shape index (κ2) is 8.68. The first-order chi connectivity index (χ1) is 12.6. The van der Waals surface area contributed by atoms with E-state index in [2.05, 4.69) is 4.72 Å². The highest BCUT2D eigenvalue weighted by Gasteiger charge is 2.13. The zero-order valence-corrected chi connectivity index (χ0v) is 16.1. The zero-order chi connectivity index (χ0) is 20.0. The van der Waals surface area contributed by atoms with Crippen molar-refractivity contribution in [3.05, 3.63) is 59.7 Å². The van der Waals surface area contributed by atoms with Crippen molar-refractivity contribution in [1.82, 2.24) is 0 Å². The SMILES string of the molecule is CC(C)Oc1ccc(C(=O)OCC(=O)c2ccc(NS(C)(=O)=O)cc2)cc1. The van der Waals surface area contributed by atoms with Crippen molar-refractivity contribution in [3.63, 3.8) is 0 Å². The number of carbonyl (C=O) groups excluding carboxylic acids is 2. The Morgan fingerprint density at radius 3 is 2.04 bits per heavy atom. The van der Waals surface area contributed by atoms with Crippen molar-refractivity contribution >= 4 is 27.5 Å². The largest absolute Gasteiger partial charge is 0.491 e. The van der Waals surface area contributed by atoms with Crippen LogP contribution in [0.4, 0.5) is 5.69 Å². The summed E-state index contributed by atoms with van der Waals surface area (Å²) in [5, 5.41) is 0. The molecule has 2 aromatic carbocycles. The Labute approximate surface area is 158 Å². The summed E-state index contributed by atoms with van der Waals surface area (Å²) in [6.07, 6.45) is 1.06. The van der Waals surface area contributed by atoms with Gasteiger partial charge in [0.05, 0.1) is 17.9 Å². The van der Waals surface area contributed by atoms with Gasteiger partial charge in [-0.25, -0.2) is 13.2 Å². The Bertz CT molecular complexity index is 902. The summed E-state index contributed by atoms with van der Waals surface area (Å²) in [7, 11) is -3.39. The molecule has 0 amide bonds. The molecule has 27 heavy (non-hydrogen) atoms. The first-order valence-corrected chi connectivity index (χ1v) is 10.1. The minimum absolute atomic E-state index is 0.0273. The van der Waals surface area contributed by atoms with Crippen molar-refractivity contribution in [2.24, 2.45) is 0 Å². The highest BCUT2D eigenvalue weighted by molar-refractivity contribution is 7.92. The van der Waals surface area contributed by atoms with Crippen molar-refractivity contribution < 1.29 is 27.5 Å². The van der Waals surface area contributed by atoms with Crippen LogP contribution in [-0.2, 0) is 14.8 Å². The number of rotatable bonds is 8. The van der Waals surface area contributed by atoms with Gasteiger partial charge in [-0.1, -0.05) is 0 Å². The van der Waals surface area contributed by atoms with Crippen LogP contribution in [0, 0.1) is 0 Å². The average Bonchev–Trinajstić information content (AvgIpc) is 2.59. The summed E-state index contributed by atoms with van der Waals surface area (Å²) >= 11 is 0. The summed E-state index contributed by atoms with van der Waals surface area (Å²) in [4.78, 5) is 24.1. The average molecular weight is 391 g/mol. The fourth-order valence-electron chi connectivity index (χ4n) is 2.18. The fourth-order valence-corrected chi connectivity index (χ4v) is 2.74. The van der Waals surface area contributed by atoms with Gasteiger partial charge in [0.25, 0.3) is 0 Å². The third-order valence-electron chi connectivity index (χ3n) is 3.31. The molecule has 0 atom stereocenters. The van der Waals surface area contributed by atoms with E-state index in [0.717, 1.165) is 6.26 Å². The quantitative estimate of drug-likeness (QED) is 0.549. The van der Waals surface area contributed by atoms with Crippen LogP contribution >= 0.6 is 0 Å². The molecule has 0 saturated heterocycles. The van der Waals surface area contributed by atoms with E-state index in [1.54, 1.807) is 24.3 Å². The first-order valence-electron chi connectivity index (χ1n) is 8.19. The highest BCUT2D eigenvalue weighted by atomic mass is 32.2. The molecule has 8 heteroatoms. The van der Waals surface area contributed by atoms with Gasteiger partial charge in [0.15, 0.2) is 12.4 Å². The van der Waals surface area contributed by atoms with E-state index in [0.29, 0.717) is 22.6 Å². The lowest BCUT2D eigenvalue weighted by Gasteiger charge is -2.10. The van der Waals surface area contributed by atoms with Gasteiger partial charge in [0, 0.05) is 11.3 Å². The molecule has 2 rings (SSSR count). The third kappa shape index (κ3) is 6.74. The number of ether oxygens (including phenoxy) is 2. The van der Waals surface area contributed by atoms with Crippen LogP contribution in [0.15, 0.2) is 48.5 Å². The molecular weight excluding hydrogens is 370 g/mol. The van der Waals surface area contributed by atoms with Gasteiger partial charge in [0.2, 0.25) is 10.0 Å². The molecule has 0 aromatic heterocycles. The molecule has 0 fully saturated rings. The molecule has 0 spiro atoms. The van der Waals surface area contributed by atoms with Gasteiger partial charge in [-0.15, -0.1) is 0 Å². The minimum atomic E-state index is -3.39. The van der Waals surface area contributed by atoms with E-state index >= 15 is 0 Å². The van der Waals surface area contributed by atoms with Crippen LogP contribution in [-0.4, -0.2) is 39.1 Å². The summed E-state index contributed by atoms with van der Waals surface area (Å²) < 4.78 is 35.2. The highest BCUT2D eigenvalue weighted by Crippen LogP contribution is 2.15. The molecule has 0 aliphatic heterocycles. The van der Waals surface area contributed by atoms with Crippen LogP contribution in [0.3, 0.4) is 0 Å². The number of Topliss-reactive ketones (excluding diaryl/α,β-unsaturated/α-hetero) is 1. The van der Waals surface area contributed by atoms with Gasteiger partial charge in [-0.2, -0.15) is 0 Å². The molecule has 1 N–H and O–H groups in total. The van der Waals surface area contributed by atoms with Crippen molar-refractivity contribution in [1.29, 1.82) is 0 Å². The van der Waals surface area contributed by atoms with E-state index < -0.39 is 28.4 Å². The second-order valence-electron chi connectivity index (χ2n) is 6.14. The lowest BCUT2D eigenvalue weighted by molar-refractivity contribution is 0.0474. The molecular formula is C19H21NO6S. The monoisotopic (exact) mass is 391 g/mol. The Hall–Kier alpha value is -2.87. The fraction of sp³-hybridized carbons (Fsp3) is 0.263. The topological polar surface area (TPSA) is 98.8 Å². The number of sulfonamides is 1. The number of hydrogen-bond donors (Lipinski definition) is 1. The van der Waals surface area contributed by atoms with Crippen molar-refractivity contribution in [3.8, 4) is 5.75 Å². The third-order valence-corrected chi connectivity index (χ3v) is 3.91. The van der Waals surface area contributed by atoms with E-state index in [1.807, 2.05) is 13.8 Å². The molecule has 0 radical (unpaired) electrons. The Balaban J connectivity index is 1.91. The van der Waals surface area contributed by atoms with Crippen LogP contribution in [0.1, 0.15) is 34.6 Å². The maximum absolute atomic E-state index is 12.1. The lowest BCUT2D eigenvalue weighted by atomic mass is 10.1. The Morgan fingerprint density at radius 1 is 0.963 bits per heavy atom. The van der Waals surface area contributed by atoms with E-state index in [9.17, 15) is 18.0 Å². The van der Waals surface area contributed by atoms with Crippen LogP contribution in [0.2, 0.25) is 0 Å². The predicted molar refractivity (Wildman–Crippen MR) is 102 cm³/mol. The van der Waals surface area contributed by atoms with E-state index in [1.165, 1.54) is 24.3 Å². The van der Waals surface area contributed by atoms with E-state index in [4.69, 9.17) is 9.47 Å². The minimum Gasteiger partial charge on any atom is -0.491 e. The Kier molecular flexibility index (Phi) is 6.57. The second-order valence-corrected chi connectivity index (χ2v) is 7.89. The van der Waals surface area contributed by atoms with Gasteiger partial charge >= 0.3 is 5.97 Å². The number of anilines is 1. The summed E-state index contributed by atoms with van der Waals surface area (Å²) in [5.74, 6) is -0.371. The Morgan fingerprint density at radius 2 is 1.52 bits per heavy atom. The molecule has 0 unspecified atom stereocenters. The van der Waals surface area contributed by atoms with Crippen molar-refractivity contribution in [2.45, 2.75) is 20.0 Å². The van der Waals surface area contributed by atoms with Crippen LogP contribution < -0.4 is 9.46 Å². The maximum Gasteiger partial charge on any atom is 0.338 e. The standard InChI is InChI=1S/C19H21NO6S/c1-13(2)26-17-10-6-15(7-11-17)19(22)25-12-18(21)14-4-8-16(9-5-14)20-27(3,23)24/h4-11,13,20H,12H2,1-3H3. The number of esters is 1. The van der Waals surface area contributed by atoms with Gasteiger partial charge in [-0.3, -0.25) is 9.52 Å². The summed E-state index contributed by atoms with van der Waals surface area (Å²) in [6, 6.07) is 12.3. The molecule has 144 valence electrons. The molecule has 7 nitrogen and oxygen atoms in total. The summed E-state index contributed by atoms with van der Waals surface area (Å²) in [6.45, 7) is 3.39. The number of benzene rings is 2. The van der Waals surface area contributed by atoms with Gasteiger partial charge in [0.1, 0.15) is 5.75 Å². The maximum atomic E-state index is 12.1. The van der Waals surface area contributed by atoms with Crippen molar-refractivity contribution in [2.75, 3.05) is 17.6 Å². The smallest absolute Gasteiger partial charge is 0.338 e. The normalized spacial score (nSPS) is 11.1. The molecule has 0 bridgehead atoms. The number of hydrogen-bond acceptors (Lipinski definition) is 6. The van der Waals surface area contributed by atoms with Gasteiger partial charge in [-0.05, 0) is 62.4 Å². The molecule has 2 aromatic rings. The number of carbonyl (C=O) groups is 2. The molecule has 0 saturated carbocycles. The molecule has 0 aliphatic carbocycles. The van der Waals surface area contributed by atoms with E-state index in [-0.39, 0.29) is 6.10 Å². The first kappa shape index (κ1) is 20.4. The number of nitrogens with one attached hydrogen (secondary N) is 1.